The summed E-state index contributed by atoms with van der Waals surface area (Å²) in [5.74, 6) is 0.102. The summed E-state index contributed by atoms with van der Waals surface area (Å²) in [6, 6.07) is 15.9. The van der Waals surface area contributed by atoms with E-state index in [1.165, 1.54) is 5.56 Å². The smallest absolute Gasteiger partial charge is 0.304 e. The van der Waals surface area contributed by atoms with Crippen molar-refractivity contribution < 1.29 is 9.90 Å². The summed E-state index contributed by atoms with van der Waals surface area (Å²) in [5, 5.41) is 9.52. The topological polar surface area (TPSA) is 58.4 Å². The van der Waals surface area contributed by atoms with Crippen molar-refractivity contribution in [3.8, 4) is 0 Å². The Morgan fingerprint density at radius 2 is 2.00 bits per heavy atom. The van der Waals surface area contributed by atoms with E-state index in [9.17, 15) is 4.79 Å². The number of nitrogens with zero attached hydrogens (tertiary/aromatic N) is 3. The van der Waals surface area contributed by atoms with Crippen LogP contribution in [-0.4, -0.2) is 39.1 Å². The molecule has 130 valence electrons. The monoisotopic (exact) mass is 357 g/mol. The minimum atomic E-state index is -0.795. The average molecular weight is 358 g/mol. The Morgan fingerprint density at radius 3 is 2.72 bits per heavy atom. The van der Waals surface area contributed by atoms with Crippen LogP contribution in [-0.2, 0) is 17.9 Å². The van der Waals surface area contributed by atoms with Crippen LogP contribution >= 0.6 is 11.6 Å². The first kappa shape index (κ1) is 17.5. The molecule has 1 aromatic heterocycles. The first-order chi connectivity index (χ1) is 12.0. The lowest BCUT2D eigenvalue weighted by Crippen LogP contribution is -2.23. The molecule has 2 aromatic carbocycles. The molecule has 0 bridgehead atoms. The molecule has 25 heavy (non-hydrogen) atoms. The van der Waals surface area contributed by atoms with E-state index in [0.29, 0.717) is 24.7 Å². The second-order valence-corrected chi connectivity index (χ2v) is 6.55. The van der Waals surface area contributed by atoms with Crippen molar-refractivity contribution in [1.29, 1.82) is 0 Å². The van der Waals surface area contributed by atoms with Gasteiger partial charge in [0.25, 0.3) is 0 Å². The molecule has 3 rings (SSSR count). The maximum Gasteiger partial charge on any atom is 0.304 e. The number of imidazole rings is 1. The van der Waals surface area contributed by atoms with Crippen LogP contribution in [0.3, 0.4) is 0 Å². The number of aromatic nitrogens is 2. The molecule has 0 spiro atoms. The van der Waals surface area contributed by atoms with Crippen LogP contribution in [0.1, 0.15) is 17.8 Å². The number of aliphatic carboxylic acids is 1. The minimum absolute atomic E-state index is 0.112. The van der Waals surface area contributed by atoms with Crippen molar-refractivity contribution in [3.05, 3.63) is 64.9 Å². The van der Waals surface area contributed by atoms with E-state index in [0.717, 1.165) is 16.9 Å². The average Bonchev–Trinajstić information content (AvgIpc) is 2.90. The fraction of sp³-hybridized carbons (Fsp3) is 0.263. The highest BCUT2D eigenvalue weighted by Crippen LogP contribution is 2.22. The molecule has 0 atom stereocenters. The lowest BCUT2D eigenvalue weighted by atomic mass is 10.2. The third-order valence-electron chi connectivity index (χ3n) is 4.09. The van der Waals surface area contributed by atoms with Gasteiger partial charge in [-0.15, -0.1) is 0 Å². The van der Waals surface area contributed by atoms with Crippen LogP contribution in [0.25, 0.3) is 11.0 Å². The minimum Gasteiger partial charge on any atom is -0.481 e. The Bertz CT molecular complexity index is 877. The molecule has 0 aliphatic heterocycles. The highest BCUT2D eigenvalue weighted by atomic mass is 35.5. The van der Waals surface area contributed by atoms with Gasteiger partial charge in [0.1, 0.15) is 5.82 Å². The molecule has 0 saturated heterocycles. The van der Waals surface area contributed by atoms with Crippen LogP contribution in [0.5, 0.6) is 0 Å². The first-order valence-electron chi connectivity index (χ1n) is 8.12. The summed E-state index contributed by atoms with van der Waals surface area (Å²) >= 11 is 6.11. The lowest BCUT2D eigenvalue weighted by Gasteiger charge is -2.16. The summed E-state index contributed by atoms with van der Waals surface area (Å²) in [6.45, 7) is 1.76. The molecule has 1 N–H and O–H groups in total. The second kappa shape index (κ2) is 7.68. The van der Waals surface area contributed by atoms with Crippen molar-refractivity contribution in [3.63, 3.8) is 0 Å². The summed E-state index contributed by atoms with van der Waals surface area (Å²) in [4.78, 5) is 17.5. The van der Waals surface area contributed by atoms with Gasteiger partial charge < -0.3 is 9.67 Å². The number of benzene rings is 2. The van der Waals surface area contributed by atoms with Gasteiger partial charge in [-0.3, -0.25) is 9.69 Å². The number of carboxylic acids is 1. The van der Waals surface area contributed by atoms with Crippen molar-refractivity contribution >= 4 is 28.6 Å². The number of hydrogen-bond acceptors (Lipinski definition) is 3. The fourth-order valence-corrected chi connectivity index (χ4v) is 2.99. The van der Waals surface area contributed by atoms with Gasteiger partial charge in [-0.25, -0.2) is 4.98 Å². The molecular weight excluding hydrogens is 338 g/mol. The molecule has 5 nitrogen and oxygen atoms in total. The van der Waals surface area contributed by atoms with Gasteiger partial charge in [-0.1, -0.05) is 41.9 Å². The van der Waals surface area contributed by atoms with Gasteiger partial charge >= 0.3 is 5.97 Å². The van der Waals surface area contributed by atoms with Gasteiger partial charge in [0.15, 0.2) is 0 Å². The van der Waals surface area contributed by atoms with Crippen molar-refractivity contribution in [1.82, 2.24) is 14.5 Å². The maximum absolute atomic E-state index is 10.8. The maximum atomic E-state index is 10.8. The Kier molecular flexibility index (Phi) is 5.36. The van der Waals surface area contributed by atoms with Gasteiger partial charge in [-0.05, 0) is 30.8 Å². The number of fused-ring (bicyclic) bond motifs is 1. The van der Waals surface area contributed by atoms with Crippen LogP contribution < -0.4 is 0 Å². The molecular formula is C19H20ClN3O2. The number of carbonyl (C=O) groups is 1. The van der Waals surface area contributed by atoms with E-state index in [4.69, 9.17) is 21.7 Å². The molecule has 6 heteroatoms. The highest BCUT2D eigenvalue weighted by molar-refractivity contribution is 6.31. The normalized spacial score (nSPS) is 11.3. The zero-order valence-electron chi connectivity index (χ0n) is 14.0. The van der Waals surface area contributed by atoms with E-state index in [2.05, 4.69) is 16.7 Å². The molecule has 0 unspecified atom stereocenters. The molecule has 0 radical (unpaired) electrons. The zero-order chi connectivity index (χ0) is 17.8. The van der Waals surface area contributed by atoms with E-state index in [1.54, 1.807) is 0 Å². The summed E-state index contributed by atoms with van der Waals surface area (Å²) in [5.41, 5.74) is 3.06. The quantitative estimate of drug-likeness (QED) is 0.701. The van der Waals surface area contributed by atoms with E-state index >= 15 is 0 Å². The predicted molar refractivity (Wildman–Crippen MR) is 98.9 cm³/mol. The fourth-order valence-electron chi connectivity index (χ4n) is 2.82. The molecule has 0 aliphatic rings. The van der Waals surface area contributed by atoms with Gasteiger partial charge in [0.2, 0.25) is 0 Å². The van der Waals surface area contributed by atoms with Crippen molar-refractivity contribution in [2.45, 2.75) is 19.5 Å². The molecule has 0 aliphatic carbocycles. The molecule has 0 amide bonds. The van der Waals surface area contributed by atoms with Crippen LogP contribution in [0, 0.1) is 0 Å². The number of rotatable bonds is 7. The highest BCUT2D eigenvalue weighted by Gasteiger charge is 2.14. The molecule has 0 saturated carbocycles. The summed E-state index contributed by atoms with van der Waals surface area (Å²) < 4.78 is 2.16. The second-order valence-electron chi connectivity index (χ2n) is 6.11. The van der Waals surface area contributed by atoms with Crippen molar-refractivity contribution in [2.24, 2.45) is 0 Å². The van der Waals surface area contributed by atoms with Gasteiger partial charge in [-0.2, -0.15) is 0 Å². The van der Waals surface area contributed by atoms with Crippen molar-refractivity contribution in [2.75, 3.05) is 13.6 Å². The summed E-state index contributed by atoms with van der Waals surface area (Å²) in [7, 11) is 1.90. The first-order valence-corrected chi connectivity index (χ1v) is 8.49. The van der Waals surface area contributed by atoms with Gasteiger partial charge in [0.05, 0.1) is 24.0 Å². The third kappa shape index (κ3) is 4.38. The largest absolute Gasteiger partial charge is 0.481 e. The summed E-state index contributed by atoms with van der Waals surface area (Å²) in [6.07, 6.45) is 0.112. The number of halogens is 1. The molecule has 1 heterocycles. The SMILES string of the molecule is CN(CCC(=O)O)Cc1nc2cc(Cl)ccc2n1Cc1ccccc1. The van der Waals surface area contributed by atoms with E-state index < -0.39 is 5.97 Å². The molecule has 0 fully saturated rings. The Morgan fingerprint density at radius 1 is 1.24 bits per heavy atom. The Hall–Kier alpha value is -2.37. The van der Waals surface area contributed by atoms with Crippen LogP contribution in [0.15, 0.2) is 48.5 Å². The van der Waals surface area contributed by atoms with E-state index in [-0.39, 0.29) is 6.42 Å². The van der Waals surface area contributed by atoms with E-state index in [1.807, 2.05) is 48.3 Å². The zero-order valence-corrected chi connectivity index (χ0v) is 14.8. The molecule has 3 aromatic rings. The Balaban J connectivity index is 1.92. The third-order valence-corrected chi connectivity index (χ3v) is 4.33. The van der Waals surface area contributed by atoms with Gasteiger partial charge in [0, 0.05) is 18.1 Å². The van der Waals surface area contributed by atoms with Crippen LogP contribution in [0.2, 0.25) is 5.02 Å². The van der Waals surface area contributed by atoms with Crippen LogP contribution in [0.4, 0.5) is 0 Å². The lowest BCUT2D eigenvalue weighted by molar-refractivity contribution is -0.137. The number of hydrogen-bond donors (Lipinski definition) is 1. The Labute approximate surface area is 151 Å². The standard InChI is InChI=1S/C19H20ClN3O2/c1-22(10-9-19(24)25)13-18-21-16-11-15(20)7-8-17(16)23(18)12-14-5-3-2-4-6-14/h2-8,11H,9-10,12-13H2,1H3,(H,24,25). The number of carboxylic acid groups (broad SMARTS) is 1. The predicted octanol–water partition coefficient (Wildman–Crippen LogP) is 3.64.